The van der Waals surface area contributed by atoms with Gasteiger partial charge in [0.15, 0.2) is 0 Å². The van der Waals surface area contributed by atoms with Gasteiger partial charge in [-0.3, -0.25) is 4.90 Å². The van der Waals surface area contributed by atoms with Crippen molar-refractivity contribution < 1.29 is 0 Å². The Balaban J connectivity index is 1.85. The minimum absolute atomic E-state index is 0.633. The highest BCUT2D eigenvalue weighted by Crippen LogP contribution is 2.32. The van der Waals surface area contributed by atoms with Crippen LogP contribution in [0.3, 0.4) is 0 Å². The van der Waals surface area contributed by atoms with E-state index in [1.165, 1.54) is 51.6 Å². The van der Waals surface area contributed by atoms with Gasteiger partial charge < -0.3 is 5.32 Å². The standard InChI is InChI=1S/C15H30N2/c1-4-13-7-5-6-8-15(13)17-10-9-14(11-17)16-12(2)3/h12-16H,4-11H2,1-3H3. The largest absolute Gasteiger partial charge is 0.310 e. The summed E-state index contributed by atoms with van der Waals surface area (Å²) in [6.07, 6.45) is 8.58. The Hall–Kier alpha value is -0.0800. The Morgan fingerprint density at radius 2 is 1.94 bits per heavy atom. The molecule has 0 aromatic carbocycles. The topological polar surface area (TPSA) is 15.3 Å². The van der Waals surface area contributed by atoms with E-state index in [4.69, 9.17) is 0 Å². The van der Waals surface area contributed by atoms with Crippen LogP contribution < -0.4 is 5.32 Å². The van der Waals surface area contributed by atoms with Crippen molar-refractivity contribution >= 4 is 0 Å². The lowest BCUT2D eigenvalue weighted by atomic mass is 9.82. The first-order valence-corrected chi connectivity index (χ1v) is 7.70. The molecule has 1 aliphatic carbocycles. The SMILES string of the molecule is CCC1CCCCC1N1CCC(NC(C)C)C1. The maximum absolute atomic E-state index is 3.70. The van der Waals surface area contributed by atoms with Gasteiger partial charge in [-0.2, -0.15) is 0 Å². The molecule has 0 aromatic heterocycles. The smallest absolute Gasteiger partial charge is 0.0209 e. The summed E-state index contributed by atoms with van der Waals surface area (Å²) in [7, 11) is 0. The zero-order valence-electron chi connectivity index (χ0n) is 11.9. The molecule has 3 atom stereocenters. The molecule has 0 aromatic rings. The van der Waals surface area contributed by atoms with E-state index in [-0.39, 0.29) is 0 Å². The fraction of sp³-hybridized carbons (Fsp3) is 1.00. The lowest BCUT2D eigenvalue weighted by molar-refractivity contribution is 0.122. The Bertz CT molecular complexity index is 227. The van der Waals surface area contributed by atoms with Crippen LogP contribution in [-0.4, -0.2) is 36.1 Å². The zero-order valence-corrected chi connectivity index (χ0v) is 11.9. The van der Waals surface area contributed by atoms with Crippen LogP contribution in [0, 0.1) is 5.92 Å². The molecule has 2 nitrogen and oxygen atoms in total. The van der Waals surface area contributed by atoms with Crippen molar-refractivity contribution in [1.82, 2.24) is 10.2 Å². The van der Waals surface area contributed by atoms with E-state index in [0.29, 0.717) is 6.04 Å². The molecule has 1 heterocycles. The van der Waals surface area contributed by atoms with Crippen molar-refractivity contribution in [2.75, 3.05) is 13.1 Å². The molecule has 2 heteroatoms. The van der Waals surface area contributed by atoms with Crippen molar-refractivity contribution in [1.29, 1.82) is 0 Å². The average molecular weight is 238 g/mol. The quantitative estimate of drug-likeness (QED) is 0.810. The number of nitrogens with zero attached hydrogens (tertiary/aromatic N) is 1. The van der Waals surface area contributed by atoms with Crippen LogP contribution in [0.2, 0.25) is 0 Å². The predicted octanol–water partition coefficient (Wildman–Crippen LogP) is 3.03. The van der Waals surface area contributed by atoms with E-state index in [1.54, 1.807) is 0 Å². The van der Waals surface area contributed by atoms with Gasteiger partial charge in [0.2, 0.25) is 0 Å². The monoisotopic (exact) mass is 238 g/mol. The van der Waals surface area contributed by atoms with Crippen molar-refractivity contribution in [2.24, 2.45) is 5.92 Å². The van der Waals surface area contributed by atoms with Gasteiger partial charge in [-0.05, 0) is 25.2 Å². The minimum Gasteiger partial charge on any atom is -0.310 e. The number of hydrogen-bond donors (Lipinski definition) is 1. The third-order valence-electron chi connectivity index (χ3n) is 4.65. The van der Waals surface area contributed by atoms with Crippen molar-refractivity contribution in [3.8, 4) is 0 Å². The molecule has 3 unspecified atom stereocenters. The van der Waals surface area contributed by atoms with E-state index in [2.05, 4.69) is 31.0 Å². The van der Waals surface area contributed by atoms with Gasteiger partial charge in [0, 0.05) is 31.2 Å². The highest BCUT2D eigenvalue weighted by atomic mass is 15.2. The number of hydrogen-bond acceptors (Lipinski definition) is 2. The lowest BCUT2D eigenvalue weighted by Gasteiger charge is -2.37. The lowest BCUT2D eigenvalue weighted by Crippen LogP contribution is -2.43. The molecule has 1 N–H and O–H groups in total. The maximum atomic E-state index is 3.70. The summed E-state index contributed by atoms with van der Waals surface area (Å²) >= 11 is 0. The fourth-order valence-corrected chi connectivity index (χ4v) is 3.84. The molecular weight excluding hydrogens is 208 g/mol. The van der Waals surface area contributed by atoms with E-state index in [0.717, 1.165) is 18.0 Å². The van der Waals surface area contributed by atoms with Gasteiger partial charge in [0.25, 0.3) is 0 Å². The summed E-state index contributed by atoms with van der Waals surface area (Å²) in [4.78, 5) is 2.79. The molecule has 0 radical (unpaired) electrons. The van der Waals surface area contributed by atoms with E-state index in [1.807, 2.05) is 0 Å². The summed E-state index contributed by atoms with van der Waals surface area (Å²) in [6, 6.07) is 2.27. The molecule has 2 aliphatic rings. The molecule has 1 saturated heterocycles. The van der Waals surface area contributed by atoms with Crippen molar-refractivity contribution in [3.05, 3.63) is 0 Å². The van der Waals surface area contributed by atoms with Crippen LogP contribution in [0.4, 0.5) is 0 Å². The van der Waals surface area contributed by atoms with Crippen LogP contribution in [0.25, 0.3) is 0 Å². The molecule has 0 amide bonds. The van der Waals surface area contributed by atoms with Gasteiger partial charge in [0.05, 0.1) is 0 Å². The molecule has 0 spiro atoms. The van der Waals surface area contributed by atoms with Crippen LogP contribution in [-0.2, 0) is 0 Å². The van der Waals surface area contributed by atoms with Crippen LogP contribution >= 0.6 is 0 Å². The predicted molar refractivity (Wildman–Crippen MR) is 74.3 cm³/mol. The summed E-state index contributed by atoms with van der Waals surface area (Å²) in [5.41, 5.74) is 0. The fourth-order valence-electron chi connectivity index (χ4n) is 3.84. The summed E-state index contributed by atoms with van der Waals surface area (Å²) in [5, 5.41) is 3.70. The Morgan fingerprint density at radius 3 is 2.65 bits per heavy atom. The molecule has 17 heavy (non-hydrogen) atoms. The van der Waals surface area contributed by atoms with Crippen molar-refractivity contribution in [2.45, 2.75) is 77.4 Å². The number of likely N-dealkylation sites (tertiary alicyclic amines) is 1. The molecule has 100 valence electrons. The third kappa shape index (κ3) is 3.45. The molecule has 1 aliphatic heterocycles. The summed E-state index contributed by atoms with van der Waals surface area (Å²) in [5.74, 6) is 0.974. The normalized spacial score (nSPS) is 35.6. The van der Waals surface area contributed by atoms with Gasteiger partial charge in [0.1, 0.15) is 0 Å². The number of nitrogens with one attached hydrogen (secondary N) is 1. The first-order chi connectivity index (χ1) is 8.20. The Labute approximate surface area is 107 Å². The minimum atomic E-state index is 0.633. The molecule has 1 saturated carbocycles. The van der Waals surface area contributed by atoms with E-state index < -0.39 is 0 Å². The van der Waals surface area contributed by atoms with E-state index in [9.17, 15) is 0 Å². The second-order valence-corrected chi connectivity index (χ2v) is 6.32. The van der Waals surface area contributed by atoms with E-state index >= 15 is 0 Å². The van der Waals surface area contributed by atoms with Gasteiger partial charge >= 0.3 is 0 Å². The van der Waals surface area contributed by atoms with Crippen molar-refractivity contribution in [3.63, 3.8) is 0 Å². The Morgan fingerprint density at radius 1 is 1.18 bits per heavy atom. The van der Waals surface area contributed by atoms with Gasteiger partial charge in [-0.1, -0.05) is 40.0 Å². The second kappa shape index (κ2) is 6.19. The zero-order chi connectivity index (χ0) is 12.3. The molecule has 0 bridgehead atoms. The highest BCUT2D eigenvalue weighted by molar-refractivity contribution is 4.90. The van der Waals surface area contributed by atoms with Gasteiger partial charge in [-0.15, -0.1) is 0 Å². The molecular formula is C15H30N2. The Kier molecular flexibility index (Phi) is 4.87. The molecule has 2 fully saturated rings. The van der Waals surface area contributed by atoms with Crippen LogP contribution in [0.5, 0.6) is 0 Å². The number of rotatable bonds is 4. The molecule has 2 rings (SSSR count). The van der Waals surface area contributed by atoms with Crippen LogP contribution in [0.1, 0.15) is 59.3 Å². The third-order valence-corrected chi connectivity index (χ3v) is 4.65. The second-order valence-electron chi connectivity index (χ2n) is 6.32. The van der Waals surface area contributed by atoms with Gasteiger partial charge in [-0.25, -0.2) is 0 Å². The summed E-state index contributed by atoms with van der Waals surface area (Å²) < 4.78 is 0. The summed E-state index contributed by atoms with van der Waals surface area (Å²) in [6.45, 7) is 9.52. The first-order valence-electron chi connectivity index (χ1n) is 7.70. The maximum Gasteiger partial charge on any atom is 0.0209 e. The average Bonchev–Trinajstić information content (AvgIpc) is 2.76. The first kappa shape index (κ1) is 13.4. The highest BCUT2D eigenvalue weighted by Gasteiger charge is 2.33. The van der Waals surface area contributed by atoms with Crippen LogP contribution in [0.15, 0.2) is 0 Å².